The van der Waals surface area contributed by atoms with Crippen molar-refractivity contribution >= 4 is 11.3 Å². The summed E-state index contributed by atoms with van der Waals surface area (Å²) >= 11 is 1.88. The van der Waals surface area contributed by atoms with E-state index in [1.165, 1.54) is 26.4 Å². The van der Waals surface area contributed by atoms with Crippen LogP contribution in [-0.2, 0) is 12.8 Å². The molecule has 0 spiro atoms. The lowest BCUT2D eigenvalue weighted by Gasteiger charge is -2.16. The van der Waals surface area contributed by atoms with Crippen LogP contribution >= 0.6 is 11.3 Å². The van der Waals surface area contributed by atoms with Gasteiger partial charge in [0.1, 0.15) is 0 Å². The average Bonchev–Trinajstić information content (AvgIpc) is 2.87. The monoisotopic (exact) mass is 274 g/mol. The third-order valence-electron chi connectivity index (χ3n) is 3.61. The Morgan fingerprint density at radius 1 is 1.11 bits per heavy atom. The van der Waals surface area contributed by atoms with Crippen LogP contribution in [0, 0.1) is 13.8 Å². The molecular weight excluding hydrogens is 252 g/mol. The first-order valence-corrected chi connectivity index (χ1v) is 7.56. The van der Waals surface area contributed by atoms with Crippen molar-refractivity contribution < 1.29 is 0 Å². The van der Waals surface area contributed by atoms with Crippen molar-refractivity contribution in [2.75, 3.05) is 0 Å². The number of benzene rings is 1. The molecule has 0 fully saturated rings. The molecule has 0 aliphatic rings. The molecule has 0 saturated carbocycles. The highest BCUT2D eigenvalue weighted by Crippen LogP contribution is 2.25. The molecule has 2 rings (SSSR count). The highest BCUT2D eigenvalue weighted by molar-refractivity contribution is 7.11. The fraction of sp³-hybridized carbons (Fsp3) is 0.375. The minimum atomic E-state index is 0.183. The maximum Gasteiger partial charge on any atom is 0.0508 e. The van der Waals surface area contributed by atoms with E-state index in [0.717, 1.165) is 12.8 Å². The van der Waals surface area contributed by atoms with Crippen LogP contribution in [-0.4, -0.2) is 0 Å². The Bertz CT molecular complexity index is 545. The topological polar surface area (TPSA) is 38.0 Å². The van der Waals surface area contributed by atoms with Crippen LogP contribution in [0.5, 0.6) is 0 Å². The Morgan fingerprint density at radius 3 is 2.42 bits per heavy atom. The summed E-state index contributed by atoms with van der Waals surface area (Å²) in [5.74, 6) is 5.73. The van der Waals surface area contributed by atoms with E-state index in [0.29, 0.717) is 0 Å². The van der Waals surface area contributed by atoms with Gasteiger partial charge in [0, 0.05) is 16.2 Å². The van der Waals surface area contributed by atoms with Crippen molar-refractivity contribution in [1.82, 2.24) is 5.43 Å². The zero-order valence-corrected chi connectivity index (χ0v) is 12.7. The Labute approximate surface area is 119 Å². The Balaban J connectivity index is 2.17. The van der Waals surface area contributed by atoms with E-state index in [1.807, 2.05) is 11.3 Å². The summed E-state index contributed by atoms with van der Waals surface area (Å²) in [6.45, 7) is 6.47. The first-order valence-electron chi connectivity index (χ1n) is 6.75. The van der Waals surface area contributed by atoms with Gasteiger partial charge in [0.25, 0.3) is 0 Å². The summed E-state index contributed by atoms with van der Waals surface area (Å²) in [4.78, 5) is 2.82. The van der Waals surface area contributed by atoms with Crippen molar-refractivity contribution in [3.05, 3.63) is 56.8 Å². The summed E-state index contributed by atoms with van der Waals surface area (Å²) < 4.78 is 0. The van der Waals surface area contributed by atoms with Crippen LogP contribution < -0.4 is 11.3 Å². The Hall–Kier alpha value is -1.16. The summed E-state index contributed by atoms with van der Waals surface area (Å²) in [5.41, 5.74) is 6.85. The maximum atomic E-state index is 5.73. The lowest BCUT2D eigenvalue weighted by atomic mass is 9.99. The summed E-state index contributed by atoms with van der Waals surface area (Å²) in [6, 6.07) is 11.2. The van der Waals surface area contributed by atoms with E-state index in [1.54, 1.807) is 0 Å². The number of aryl methyl sites for hydroxylation is 3. The van der Waals surface area contributed by atoms with E-state index >= 15 is 0 Å². The van der Waals surface area contributed by atoms with E-state index in [4.69, 9.17) is 5.84 Å². The standard InChI is InChI=1S/C16H22N2S/c1-4-14-7-8-15(19-14)10-16(18-17)13-6-5-11(2)12(3)9-13/h5-9,16,18H,4,10,17H2,1-3H3. The van der Waals surface area contributed by atoms with Crippen LogP contribution in [0.4, 0.5) is 0 Å². The van der Waals surface area contributed by atoms with Gasteiger partial charge in [-0.15, -0.1) is 11.3 Å². The van der Waals surface area contributed by atoms with Gasteiger partial charge in [0.15, 0.2) is 0 Å². The zero-order valence-electron chi connectivity index (χ0n) is 11.9. The number of nitrogens with two attached hydrogens (primary N) is 1. The second-order valence-electron chi connectivity index (χ2n) is 4.99. The van der Waals surface area contributed by atoms with E-state index in [9.17, 15) is 0 Å². The van der Waals surface area contributed by atoms with Gasteiger partial charge in [-0.3, -0.25) is 11.3 Å². The summed E-state index contributed by atoms with van der Waals surface area (Å²) in [5, 5.41) is 0. The molecule has 102 valence electrons. The van der Waals surface area contributed by atoms with Crippen LogP contribution in [0.3, 0.4) is 0 Å². The second-order valence-corrected chi connectivity index (χ2v) is 6.24. The van der Waals surface area contributed by atoms with Crippen LogP contribution in [0.15, 0.2) is 30.3 Å². The fourth-order valence-corrected chi connectivity index (χ4v) is 3.18. The lowest BCUT2D eigenvalue weighted by Crippen LogP contribution is -2.29. The molecule has 1 aromatic heterocycles. The average molecular weight is 274 g/mol. The predicted octanol–water partition coefficient (Wildman–Crippen LogP) is 3.67. The molecule has 3 heteroatoms. The first kappa shape index (κ1) is 14.3. The molecule has 0 amide bonds. The highest BCUT2D eigenvalue weighted by Gasteiger charge is 2.12. The number of hydrazine groups is 1. The number of hydrogen-bond acceptors (Lipinski definition) is 3. The largest absolute Gasteiger partial charge is 0.271 e. The SMILES string of the molecule is CCc1ccc(CC(NN)c2ccc(C)c(C)c2)s1. The summed E-state index contributed by atoms with van der Waals surface area (Å²) in [6.07, 6.45) is 2.05. The first-order chi connectivity index (χ1) is 9.13. The minimum Gasteiger partial charge on any atom is -0.271 e. The molecule has 2 nitrogen and oxygen atoms in total. The van der Waals surface area contributed by atoms with Crippen molar-refractivity contribution in [2.24, 2.45) is 5.84 Å². The molecule has 1 unspecified atom stereocenters. The molecule has 19 heavy (non-hydrogen) atoms. The van der Waals surface area contributed by atoms with Crippen molar-refractivity contribution in [1.29, 1.82) is 0 Å². The Morgan fingerprint density at radius 2 is 1.84 bits per heavy atom. The highest BCUT2D eigenvalue weighted by atomic mass is 32.1. The quantitative estimate of drug-likeness (QED) is 0.645. The van der Waals surface area contributed by atoms with Gasteiger partial charge in [0.05, 0.1) is 6.04 Å². The van der Waals surface area contributed by atoms with E-state index in [2.05, 4.69) is 56.5 Å². The van der Waals surface area contributed by atoms with Crippen LogP contribution in [0.25, 0.3) is 0 Å². The normalized spacial score (nSPS) is 12.6. The predicted molar refractivity (Wildman–Crippen MR) is 83.4 cm³/mol. The van der Waals surface area contributed by atoms with E-state index < -0.39 is 0 Å². The van der Waals surface area contributed by atoms with Gasteiger partial charge in [-0.2, -0.15) is 0 Å². The van der Waals surface area contributed by atoms with Crippen molar-refractivity contribution in [3.8, 4) is 0 Å². The zero-order chi connectivity index (χ0) is 13.8. The lowest BCUT2D eigenvalue weighted by molar-refractivity contribution is 0.555. The number of hydrogen-bond donors (Lipinski definition) is 2. The van der Waals surface area contributed by atoms with Gasteiger partial charge >= 0.3 is 0 Å². The number of rotatable bonds is 5. The minimum absolute atomic E-state index is 0.183. The fourth-order valence-electron chi connectivity index (χ4n) is 2.18. The maximum absolute atomic E-state index is 5.73. The summed E-state index contributed by atoms with van der Waals surface area (Å²) in [7, 11) is 0. The molecule has 1 heterocycles. The molecule has 3 N–H and O–H groups in total. The van der Waals surface area contributed by atoms with Gasteiger partial charge in [-0.25, -0.2) is 0 Å². The molecule has 0 aliphatic heterocycles. The molecule has 0 radical (unpaired) electrons. The van der Waals surface area contributed by atoms with Crippen LogP contribution in [0.1, 0.15) is 39.4 Å². The molecule has 1 aromatic carbocycles. The van der Waals surface area contributed by atoms with Gasteiger partial charge < -0.3 is 0 Å². The molecule has 1 atom stereocenters. The second kappa shape index (κ2) is 6.33. The third kappa shape index (κ3) is 3.44. The third-order valence-corrected chi connectivity index (χ3v) is 4.86. The van der Waals surface area contributed by atoms with Crippen LogP contribution in [0.2, 0.25) is 0 Å². The molecular formula is C16H22N2S. The Kier molecular flexibility index (Phi) is 4.75. The number of thiophene rings is 1. The van der Waals surface area contributed by atoms with Crippen molar-refractivity contribution in [3.63, 3.8) is 0 Å². The van der Waals surface area contributed by atoms with E-state index in [-0.39, 0.29) is 6.04 Å². The molecule has 0 saturated heterocycles. The van der Waals surface area contributed by atoms with Gasteiger partial charge in [0.2, 0.25) is 0 Å². The van der Waals surface area contributed by atoms with Crippen molar-refractivity contribution in [2.45, 2.75) is 39.7 Å². The number of nitrogens with one attached hydrogen (secondary N) is 1. The van der Waals surface area contributed by atoms with Gasteiger partial charge in [-0.1, -0.05) is 25.1 Å². The smallest absolute Gasteiger partial charge is 0.0508 e. The molecule has 0 aliphatic carbocycles. The molecule has 2 aromatic rings. The van der Waals surface area contributed by atoms with Gasteiger partial charge in [-0.05, 0) is 49.1 Å². The molecule has 0 bridgehead atoms.